The van der Waals surface area contributed by atoms with Gasteiger partial charge in [-0.25, -0.2) is 0 Å². The van der Waals surface area contributed by atoms with E-state index >= 15 is 0 Å². The summed E-state index contributed by atoms with van der Waals surface area (Å²) in [5.74, 6) is -1.36. The first-order valence-electron chi connectivity index (χ1n) is 8.80. The van der Waals surface area contributed by atoms with E-state index in [-0.39, 0.29) is 34.1 Å². The molecule has 0 spiro atoms. The number of hydrogen-bond acceptors (Lipinski definition) is 5. The maximum Gasteiger partial charge on any atom is 0.231 e. The van der Waals surface area contributed by atoms with Crippen LogP contribution in [-0.2, 0) is 5.41 Å². The Hall–Kier alpha value is -2.43. The van der Waals surface area contributed by atoms with E-state index in [2.05, 4.69) is 6.58 Å². The Balaban J connectivity index is 2.50. The Labute approximate surface area is 153 Å². The maximum atomic E-state index is 13.0. The molecule has 0 aromatic heterocycles. The molecule has 3 N–H and O–H groups in total. The lowest BCUT2D eigenvalue weighted by atomic mass is 9.54. The van der Waals surface area contributed by atoms with E-state index in [9.17, 15) is 20.1 Å². The van der Waals surface area contributed by atoms with E-state index in [0.29, 0.717) is 23.1 Å². The van der Waals surface area contributed by atoms with Crippen molar-refractivity contribution in [3.8, 4) is 17.2 Å². The summed E-state index contributed by atoms with van der Waals surface area (Å²) < 4.78 is 5.36. The summed E-state index contributed by atoms with van der Waals surface area (Å²) >= 11 is 0. The number of hydrogen-bond donors (Lipinski definition) is 3. The summed E-state index contributed by atoms with van der Waals surface area (Å²) in [4.78, 5) is 13.0. The minimum absolute atomic E-state index is 0.0530. The molecule has 1 unspecified atom stereocenters. The molecule has 0 aliphatic heterocycles. The van der Waals surface area contributed by atoms with Gasteiger partial charge in [0, 0.05) is 11.0 Å². The second-order valence-electron chi connectivity index (χ2n) is 8.26. The van der Waals surface area contributed by atoms with Gasteiger partial charge in [0.05, 0.1) is 18.2 Å². The molecule has 5 heteroatoms. The van der Waals surface area contributed by atoms with Gasteiger partial charge in [-0.2, -0.15) is 0 Å². The highest BCUT2D eigenvalue weighted by Gasteiger charge is 2.53. The largest absolute Gasteiger partial charge is 0.506 e. The number of benzene rings is 1. The molecule has 1 saturated carbocycles. The van der Waals surface area contributed by atoms with Gasteiger partial charge in [0.1, 0.15) is 5.75 Å². The van der Waals surface area contributed by atoms with Crippen molar-refractivity contribution in [3.63, 3.8) is 0 Å². The molecule has 2 aliphatic rings. The Kier molecular flexibility index (Phi) is 3.91. The van der Waals surface area contributed by atoms with Gasteiger partial charge in [-0.15, -0.1) is 0 Å². The molecule has 140 valence electrons. The van der Waals surface area contributed by atoms with Crippen LogP contribution in [0.15, 0.2) is 17.9 Å². The molecule has 1 fully saturated rings. The molecule has 0 radical (unpaired) electrons. The highest BCUT2D eigenvalue weighted by Crippen LogP contribution is 2.61. The van der Waals surface area contributed by atoms with Crippen LogP contribution in [0.3, 0.4) is 0 Å². The number of aromatic hydroxyl groups is 2. The lowest BCUT2D eigenvalue weighted by molar-refractivity contribution is 0.0935. The van der Waals surface area contributed by atoms with Crippen LogP contribution in [-0.4, -0.2) is 28.2 Å². The second kappa shape index (κ2) is 5.53. The Morgan fingerprint density at radius 1 is 1.12 bits per heavy atom. The van der Waals surface area contributed by atoms with Gasteiger partial charge in [-0.3, -0.25) is 4.79 Å². The van der Waals surface area contributed by atoms with Gasteiger partial charge in [-0.05, 0) is 36.3 Å². The lowest BCUT2D eigenvalue weighted by Gasteiger charge is -2.49. The minimum atomic E-state index is -0.766. The van der Waals surface area contributed by atoms with Gasteiger partial charge in [0.25, 0.3) is 0 Å². The van der Waals surface area contributed by atoms with E-state index in [1.54, 1.807) is 6.92 Å². The number of methoxy groups -OCH3 is 1. The monoisotopic (exact) mass is 358 g/mol. The van der Waals surface area contributed by atoms with Crippen LogP contribution < -0.4 is 4.74 Å². The molecule has 0 saturated heterocycles. The van der Waals surface area contributed by atoms with E-state index < -0.39 is 16.6 Å². The summed E-state index contributed by atoms with van der Waals surface area (Å²) in [6.45, 7) is 11.4. The fourth-order valence-electron chi connectivity index (χ4n) is 5.00. The highest BCUT2D eigenvalue weighted by atomic mass is 16.5. The highest BCUT2D eigenvalue weighted by molar-refractivity contribution is 6.14. The fourth-order valence-corrected chi connectivity index (χ4v) is 5.00. The third-order valence-corrected chi connectivity index (χ3v) is 5.97. The average molecular weight is 358 g/mol. The predicted octanol–water partition coefficient (Wildman–Crippen LogP) is 4.62. The van der Waals surface area contributed by atoms with Crippen molar-refractivity contribution in [1.82, 2.24) is 0 Å². The molecule has 0 bridgehead atoms. The smallest absolute Gasteiger partial charge is 0.231 e. The number of rotatable bonds is 2. The molecule has 2 aliphatic carbocycles. The summed E-state index contributed by atoms with van der Waals surface area (Å²) in [6, 6.07) is 0. The van der Waals surface area contributed by atoms with Crippen LogP contribution in [0.1, 0.15) is 68.4 Å². The number of ether oxygens (including phenoxy) is 1. The number of carbonyl (C=O) groups is 1. The summed E-state index contributed by atoms with van der Waals surface area (Å²) in [5, 5.41) is 32.7. The molecule has 5 nitrogen and oxygen atoms in total. The zero-order chi connectivity index (χ0) is 19.6. The molecule has 3 rings (SSSR count). The van der Waals surface area contributed by atoms with E-state index in [1.807, 2.05) is 20.8 Å². The third-order valence-electron chi connectivity index (χ3n) is 5.97. The molecular weight excluding hydrogens is 332 g/mol. The summed E-state index contributed by atoms with van der Waals surface area (Å²) in [7, 11) is 1.40. The summed E-state index contributed by atoms with van der Waals surface area (Å²) in [5.41, 5.74) is 0.379. The van der Waals surface area contributed by atoms with Crippen LogP contribution >= 0.6 is 0 Å². The first-order chi connectivity index (χ1) is 12.0. The molecule has 0 heterocycles. The lowest BCUT2D eigenvalue weighted by Crippen LogP contribution is -2.43. The number of phenolic OH excluding ortho intramolecular Hbond substituents is 2. The van der Waals surface area contributed by atoms with Crippen molar-refractivity contribution in [1.29, 1.82) is 0 Å². The van der Waals surface area contributed by atoms with Crippen molar-refractivity contribution in [2.75, 3.05) is 7.11 Å². The van der Waals surface area contributed by atoms with Gasteiger partial charge in [0.2, 0.25) is 5.78 Å². The van der Waals surface area contributed by atoms with Crippen LogP contribution in [0, 0.1) is 5.41 Å². The fraction of sp³-hybridized carbons (Fsp3) is 0.476. The van der Waals surface area contributed by atoms with Gasteiger partial charge < -0.3 is 20.1 Å². The molecular formula is C21H26O5. The zero-order valence-corrected chi connectivity index (χ0v) is 16.0. The quantitative estimate of drug-likeness (QED) is 0.672. The van der Waals surface area contributed by atoms with Crippen molar-refractivity contribution in [2.24, 2.45) is 5.41 Å². The number of carbonyl (C=O) groups excluding carboxylic acids is 1. The first-order valence-corrected chi connectivity index (χ1v) is 8.80. The van der Waals surface area contributed by atoms with E-state index in [4.69, 9.17) is 4.74 Å². The number of aliphatic hydroxyl groups is 1. The summed E-state index contributed by atoms with van der Waals surface area (Å²) in [6.07, 6.45) is 2.36. The number of allylic oxidation sites excluding steroid dienone is 3. The second-order valence-corrected chi connectivity index (χ2v) is 8.26. The van der Waals surface area contributed by atoms with Crippen LogP contribution in [0.5, 0.6) is 17.2 Å². The number of Topliss-reactive ketones (excluding diaryl/α,β-unsaturated/α-hetero) is 1. The van der Waals surface area contributed by atoms with Crippen LogP contribution in [0.25, 0.3) is 5.57 Å². The molecule has 1 atom stereocenters. The minimum Gasteiger partial charge on any atom is -0.506 e. The van der Waals surface area contributed by atoms with Gasteiger partial charge >= 0.3 is 0 Å². The van der Waals surface area contributed by atoms with E-state index in [1.165, 1.54) is 7.11 Å². The van der Waals surface area contributed by atoms with Gasteiger partial charge in [0.15, 0.2) is 17.3 Å². The van der Waals surface area contributed by atoms with Crippen molar-refractivity contribution >= 4 is 11.4 Å². The number of phenols is 2. The zero-order valence-electron chi connectivity index (χ0n) is 16.0. The van der Waals surface area contributed by atoms with Crippen molar-refractivity contribution < 1.29 is 24.9 Å². The molecule has 26 heavy (non-hydrogen) atoms. The van der Waals surface area contributed by atoms with Crippen molar-refractivity contribution in [2.45, 2.75) is 52.4 Å². The Morgan fingerprint density at radius 3 is 2.27 bits per heavy atom. The average Bonchev–Trinajstić information content (AvgIpc) is 2.52. The number of fused-ring (bicyclic) bond motifs is 3. The topological polar surface area (TPSA) is 87.0 Å². The number of ketones is 1. The number of aliphatic hydroxyl groups excluding tert-OH is 1. The Bertz CT molecular complexity index is 875. The van der Waals surface area contributed by atoms with Gasteiger partial charge in [-0.1, -0.05) is 33.8 Å². The van der Waals surface area contributed by atoms with Crippen LogP contribution in [0.2, 0.25) is 0 Å². The maximum absolute atomic E-state index is 13.0. The Morgan fingerprint density at radius 2 is 1.73 bits per heavy atom. The molecule has 1 aromatic rings. The predicted molar refractivity (Wildman–Crippen MR) is 100 cm³/mol. The third kappa shape index (κ3) is 2.12. The first kappa shape index (κ1) is 18.4. The van der Waals surface area contributed by atoms with E-state index in [0.717, 1.165) is 12.8 Å². The van der Waals surface area contributed by atoms with Crippen molar-refractivity contribution in [3.05, 3.63) is 34.6 Å². The molecule has 0 amide bonds. The normalized spacial score (nSPS) is 24.1. The standard InChI is InChI=1S/C21H26O5/c1-10(2)11-14(22)12-13(16(24)18(11)26-6)21(5)9-7-8-20(3,4)19(21)17(25)15(12)23/h22,24-25H,1,7-9H2,2-6H3. The SMILES string of the molecule is C=C(C)c1c(O)c2c(c(O)c1OC)C1(C)CCCC(C)(C)C1=C(O)C2=O. The molecule has 1 aromatic carbocycles. The van der Waals surface area contributed by atoms with Crippen LogP contribution in [0.4, 0.5) is 0 Å².